The Kier molecular flexibility index (Phi) is 4.56. The topological polar surface area (TPSA) is 24.9 Å². The number of hydrogen-bond donors (Lipinski definition) is 1. The van der Waals surface area contributed by atoms with Crippen LogP contribution in [-0.4, -0.2) is 4.98 Å². The molecule has 0 fully saturated rings. The third-order valence-corrected chi connectivity index (χ3v) is 3.55. The second kappa shape index (κ2) is 6.19. The SMILES string of the molecule is CC(NC(c1ccccc1)C(C)(C)C)c1ccccn1. The summed E-state index contributed by atoms with van der Waals surface area (Å²) in [5.41, 5.74) is 2.55. The van der Waals surface area contributed by atoms with E-state index in [1.807, 2.05) is 18.3 Å². The van der Waals surface area contributed by atoms with Gasteiger partial charge in [-0.25, -0.2) is 0 Å². The average molecular weight is 268 g/mol. The van der Waals surface area contributed by atoms with E-state index in [2.05, 4.69) is 74.4 Å². The Morgan fingerprint density at radius 3 is 2.15 bits per heavy atom. The van der Waals surface area contributed by atoms with Gasteiger partial charge in [0.05, 0.1) is 5.69 Å². The smallest absolute Gasteiger partial charge is 0.0570 e. The van der Waals surface area contributed by atoms with E-state index in [4.69, 9.17) is 0 Å². The average Bonchev–Trinajstić information content (AvgIpc) is 2.45. The summed E-state index contributed by atoms with van der Waals surface area (Å²) in [5.74, 6) is 0. The molecular formula is C18H24N2. The lowest BCUT2D eigenvalue weighted by Gasteiger charge is -2.34. The third-order valence-electron chi connectivity index (χ3n) is 3.55. The van der Waals surface area contributed by atoms with Gasteiger partial charge in [-0.3, -0.25) is 4.98 Å². The van der Waals surface area contributed by atoms with Crippen molar-refractivity contribution in [3.05, 3.63) is 66.0 Å². The summed E-state index contributed by atoms with van der Waals surface area (Å²) in [4.78, 5) is 4.44. The van der Waals surface area contributed by atoms with Crippen molar-refractivity contribution in [2.24, 2.45) is 5.41 Å². The fourth-order valence-electron chi connectivity index (χ4n) is 2.46. The standard InChI is InChI=1S/C18H24N2/c1-14(16-12-8-9-13-19-16)20-17(18(2,3)4)15-10-6-5-7-11-15/h5-14,17,20H,1-4H3. The highest BCUT2D eigenvalue weighted by molar-refractivity contribution is 5.21. The first-order chi connectivity index (χ1) is 9.48. The number of nitrogens with one attached hydrogen (secondary N) is 1. The molecule has 0 aliphatic rings. The summed E-state index contributed by atoms with van der Waals surface area (Å²) in [6.45, 7) is 8.97. The van der Waals surface area contributed by atoms with Gasteiger partial charge in [-0.2, -0.15) is 0 Å². The van der Waals surface area contributed by atoms with Crippen LogP contribution >= 0.6 is 0 Å². The van der Waals surface area contributed by atoms with Crippen molar-refractivity contribution in [2.75, 3.05) is 0 Å². The Bertz CT molecular complexity index is 514. The molecule has 0 aliphatic heterocycles. The monoisotopic (exact) mass is 268 g/mol. The lowest BCUT2D eigenvalue weighted by Crippen LogP contribution is -2.34. The number of hydrogen-bond acceptors (Lipinski definition) is 2. The molecule has 1 aromatic heterocycles. The number of aromatic nitrogens is 1. The van der Waals surface area contributed by atoms with Crippen molar-refractivity contribution in [2.45, 2.75) is 39.8 Å². The van der Waals surface area contributed by atoms with Crippen LogP contribution in [0.15, 0.2) is 54.7 Å². The summed E-state index contributed by atoms with van der Waals surface area (Å²) < 4.78 is 0. The Morgan fingerprint density at radius 2 is 1.60 bits per heavy atom. The largest absolute Gasteiger partial charge is 0.301 e. The van der Waals surface area contributed by atoms with Gasteiger partial charge in [0.2, 0.25) is 0 Å². The Morgan fingerprint density at radius 1 is 0.950 bits per heavy atom. The second-order valence-corrected chi connectivity index (χ2v) is 6.35. The molecule has 0 saturated carbocycles. The van der Waals surface area contributed by atoms with E-state index >= 15 is 0 Å². The van der Waals surface area contributed by atoms with Crippen LogP contribution in [0.4, 0.5) is 0 Å². The lowest BCUT2D eigenvalue weighted by atomic mass is 9.82. The number of benzene rings is 1. The molecule has 2 atom stereocenters. The van der Waals surface area contributed by atoms with E-state index in [9.17, 15) is 0 Å². The van der Waals surface area contributed by atoms with Gasteiger partial charge >= 0.3 is 0 Å². The summed E-state index contributed by atoms with van der Waals surface area (Å²) in [6.07, 6.45) is 1.85. The van der Waals surface area contributed by atoms with Gasteiger partial charge in [-0.15, -0.1) is 0 Å². The molecule has 0 spiro atoms. The second-order valence-electron chi connectivity index (χ2n) is 6.35. The van der Waals surface area contributed by atoms with E-state index in [0.717, 1.165) is 5.69 Å². The molecule has 2 unspecified atom stereocenters. The molecule has 0 radical (unpaired) electrons. The molecular weight excluding hydrogens is 244 g/mol. The highest BCUT2D eigenvalue weighted by Crippen LogP contribution is 2.34. The third kappa shape index (κ3) is 3.67. The molecule has 1 aromatic carbocycles. The van der Waals surface area contributed by atoms with Crippen molar-refractivity contribution < 1.29 is 0 Å². The number of nitrogens with zero attached hydrogens (tertiary/aromatic N) is 1. The first-order valence-electron chi connectivity index (χ1n) is 7.20. The highest BCUT2D eigenvalue weighted by Gasteiger charge is 2.27. The van der Waals surface area contributed by atoms with Crippen molar-refractivity contribution in [3.8, 4) is 0 Å². The molecule has 0 saturated heterocycles. The maximum Gasteiger partial charge on any atom is 0.0570 e. The summed E-state index contributed by atoms with van der Waals surface area (Å²) in [5, 5.41) is 3.73. The quantitative estimate of drug-likeness (QED) is 0.882. The van der Waals surface area contributed by atoms with E-state index < -0.39 is 0 Å². The van der Waals surface area contributed by atoms with Crippen LogP contribution in [0, 0.1) is 5.41 Å². The molecule has 20 heavy (non-hydrogen) atoms. The zero-order valence-corrected chi connectivity index (χ0v) is 12.8. The predicted octanol–water partition coefficient (Wildman–Crippen LogP) is 4.52. The minimum Gasteiger partial charge on any atom is -0.301 e. The van der Waals surface area contributed by atoms with Crippen molar-refractivity contribution >= 4 is 0 Å². The maximum atomic E-state index is 4.44. The fraction of sp³-hybridized carbons (Fsp3) is 0.389. The predicted molar refractivity (Wildman–Crippen MR) is 84.4 cm³/mol. The number of rotatable bonds is 4. The zero-order valence-electron chi connectivity index (χ0n) is 12.8. The van der Waals surface area contributed by atoms with Gasteiger partial charge in [-0.1, -0.05) is 57.2 Å². The molecule has 2 rings (SSSR count). The van der Waals surface area contributed by atoms with Crippen LogP contribution in [0.1, 0.15) is 51.0 Å². The molecule has 1 N–H and O–H groups in total. The number of pyridine rings is 1. The van der Waals surface area contributed by atoms with E-state index in [0.29, 0.717) is 6.04 Å². The van der Waals surface area contributed by atoms with Crippen LogP contribution in [-0.2, 0) is 0 Å². The van der Waals surface area contributed by atoms with Crippen LogP contribution in [0.25, 0.3) is 0 Å². The van der Waals surface area contributed by atoms with Crippen LogP contribution < -0.4 is 5.32 Å². The summed E-state index contributed by atoms with van der Waals surface area (Å²) in [6, 6.07) is 17.2. The Hall–Kier alpha value is -1.67. The fourth-order valence-corrected chi connectivity index (χ4v) is 2.46. The van der Waals surface area contributed by atoms with E-state index in [-0.39, 0.29) is 11.5 Å². The van der Waals surface area contributed by atoms with Gasteiger partial charge in [0, 0.05) is 18.3 Å². The lowest BCUT2D eigenvalue weighted by molar-refractivity contribution is 0.253. The van der Waals surface area contributed by atoms with Crippen LogP contribution in [0.3, 0.4) is 0 Å². The van der Waals surface area contributed by atoms with Crippen LogP contribution in [0.2, 0.25) is 0 Å². The first kappa shape index (κ1) is 14.7. The van der Waals surface area contributed by atoms with Crippen molar-refractivity contribution in [1.29, 1.82) is 0 Å². The molecule has 0 bridgehead atoms. The minimum atomic E-state index is 0.143. The summed E-state index contributed by atoms with van der Waals surface area (Å²) in [7, 11) is 0. The van der Waals surface area contributed by atoms with E-state index in [1.165, 1.54) is 5.56 Å². The van der Waals surface area contributed by atoms with Crippen LogP contribution in [0.5, 0.6) is 0 Å². The van der Waals surface area contributed by atoms with Gasteiger partial charge in [-0.05, 0) is 30.0 Å². The molecule has 2 aromatic rings. The summed E-state index contributed by atoms with van der Waals surface area (Å²) >= 11 is 0. The maximum absolute atomic E-state index is 4.44. The molecule has 106 valence electrons. The molecule has 1 heterocycles. The van der Waals surface area contributed by atoms with Crippen molar-refractivity contribution in [3.63, 3.8) is 0 Å². The Balaban J connectivity index is 2.22. The van der Waals surface area contributed by atoms with Gasteiger partial charge < -0.3 is 5.32 Å². The van der Waals surface area contributed by atoms with Gasteiger partial charge in [0.25, 0.3) is 0 Å². The molecule has 2 heteroatoms. The molecule has 0 amide bonds. The molecule has 0 aliphatic carbocycles. The Labute approximate surface area is 122 Å². The van der Waals surface area contributed by atoms with E-state index in [1.54, 1.807) is 0 Å². The highest BCUT2D eigenvalue weighted by atomic mass is 15.0. The zero-order chi connectivity index (χ0) is 14.6. The van der Waals surface area contributed by atoms with Gasteiger partial charge in [0.1, 0.15) is 0 Å². The first-order valence-corrected chi connectivity index (χ1v) is 7.20. The minimum absolute atomic E-state index is 0.143. The van der Waals surface area contributed by atoms with Gasteiger partial charge in [0.15, 0.2) is 0 Å². The van der Waals surface area contributed by atoms with Crippen molar-refractivity contribution in [1.82, 2.24) is 10.3 Å². The molecule has 2 nitrogen and oxygen atoms in total. The normalized spacial score (nSPS) is 14.8.